The van der Waals surface area contributed by atoms with Gasteiger partial charge < -0.3 is 23.3 Å². The number of rotatable bonds is 12. The van der Waals surface area contributed by atoms with Crippen LogP contribution in [0.5, 0.6) is 23.0 Å². The largest absolute Gasteiger partial charge is 0.497 e. The quantitative estimate of drug-likeness (QED) is 0.168. The highest BCUT2D eigenvalue weighted by Crippen LogP contribution is 2.50. The minimum absolute atomic E-state index is 0.128. The van der Waals surface area contributed by atoms with Crippen molar-refractivity contribution in [3.63, 3.8) is 0 Å². The van der Waals surface area contributed by atoms with Gasteiger partial charge in [-0.05, 0) is 79.5 Å². The molecule has 0 aliphatic rings. The molecule has 0 fully saturated rings. The molecule has 0 spiro atoms. The van der Waals surface area contributed by atoms with Crippen molar-refractivity contribution < 1.29 is 32.6 Å². The molecule has 3 rings (SSSR count). The highest BCUT2D eigenvalue weighted by atomic mass is 32.2. The third-order valence-corrected chi connectivity index (χ3v) is 7.58. The molecule has 0 heterocycles. The van der Waals surface area contributed by atoms with E-state index in [-0.39, 0.29) is 12.8 Å². The maximum Gasteiger partial charge on any atom is 0.445 e. The number of hydrogen-bond donors (Lipinski definition) is 0. The van der Waals surface area contributed by atoms with E-state index in [1.54, 1.807) is 67.1 Å². The Morgan fingerprint density at radius 1 is 0.771 bits per heavy atom. The van der Waals surface area contributed by atoms with Gasteiger partial charge in [0.05, 0.1) is 21.3 Å². The lowest BCUT2D eigenvalue weighted by atomic mass is 10.2. The molecule has 0 saturated carbocycles. The molecule has 0 radical (unpaired) electrons. The second-order valence-electron chi connectivity index (χ2n) is 7.41. The average molecular weight is 518 g/mol. The first kappa shape index (κ1) is 26.5. The molecular formula is C25H28NO7PS. The Hall–Kier alpha value is -3.13. The summed E-state index contributed by atoms with van der Waals surface area (Å²) in [6.07, 6.45) is -0.196. The normalized spacial score (nSPS) is 11.1. The van der Waals surface area contributed by atoms with E-state index in [9.17, 15) is 9.36 Å². The van der Waals surface area contributed by atoms with Crippen molar-refractivity contribution >= 4 is 25.5 Å². The zero-order chi connectivity index (χ0) is 25.3. The van der Waals surface area contributed by atoms with Gasteiger partial charge in [0.15, 0.2) is 0 Å². The second kappa shape index (κ2) is 12.5. The predicted octanol–water partition coefficient (Wildman–Crippen LogP) is 5.80. The molecule has 0 amide bonds. The molecule has 10 heteroatoms. The number of carbonyl (C=O) groups is 1. The molecule has 35 heavy (non-hydrogen) atoms. The fourth-order valence-corrected chi connectivity index (χ4v) is 5.84. The number of aryl methyl sites for hydroxylation is 1. The van der Waals surface area contributed by atoms with Crippen molar-refractivity contribution in [2.75, 3.05) is 34.2 Å². The Bertz CT molecular complexity index is 1080. The summed E-state index contributed by atoms with van der Waals surface area (Å²) >= 11 is 1.26. The molecule has 8 nitrogen and oxygen atoms in total. The highest BCUT2D eigenvalue weighted by molar-refractivity contribution is 7.97. The third kappa shape index (κ3) is 8.24. The van der Waals surface area contributed by atoms with Crippen molar-refractivity contribution in [1.82, 2.24) is 4.31 Å². The molecule has 0 aliphatic carbocycles. The molecule has 0 bridgehead atoms. The smallest absolute Gasteiger partial charge is 0.445 e. The fraction of sp³-hybridized carbons (Fsp3) is 0.240. The lowest BCUT2D eigenvalue weighted by molar-refractivity contribution is -0.140. The van der Waals surface area contributed by atoms with Crippen LogP contribution in [0.1, 0.15) is 5.56 Å². The van der Waals surface area contributed by atoms with E-state index >= 15 is 0 Å². The molecule has 0 unspecified atom stereocenters. The van der Waals surface area contributed by atoms with Gasteiger partial charge in [-0.3, -0.25) is 4.79 Å². The first-order chi connectivity index (χ1) is 16.8. The number of nitrogens with zero attached hydrogens (tertiary/aromatic N) is 1. The standard InChI is InChI=1S/C25H28NO7PS/c1-19-5-15-24(16-6-19)35-26(17-25(27)31-4)18-34(28,32-22-11-7-20(29-2)8-12-22)33-23-13-9-21(30-3)10-14-23/h5-16H,17-18H2,1-4H3. The molecule has 0 saturated heterocycles. The highest BCUT2D eigenvalue weighted by Gasteiger charge is 2.33. The summed E-state index contributed by atoms with van der Waals surface area (Å²) in [5, 5.41) is 0. The van der Waals surface area contributed by atoms with Gasteiger partial charge in [-0.15, -0.1) is 0 Å². The van der Waals surface area contributed by atoms with Crippen molar-refractivity contribution in [3.8, 4) is 23.0 Å². The van der Waals surface area contributed by atoms with Crippen molar-refractivity contribution in [1.29, 1.82) is 0 Å². The summed E-state index contributed by atoms with van der Waals surface area (Å²) in [6.45, 7) is 1.86. The van der Waals surface area contributed by atoms with E-state index < -0.39 is 13.6 Å². The Morgan fingerprint density at radius 2 is 1.23 bits per heavy atom. The lowest BCUT2D eigenvalue weighted by Gasteiger charge is -2.26. The number of ether oxygens (including phenoxy) is 3. The average Bonchev–Trinajstić information content (AvgIpc) is 2.86. The minimum Gasteiger partial charge on any atom is -0.497 e. The molecule has 3 aromatic rings. The van der Waals surface area contributed by atoms with Crippen molar-refractivity contribution in [2.45, 2.75) is 11.8 Å². The van der Waals surface area contributed by atoms with E-state index in [0.717, 1.165) is 10.5 Å². The van der Waals surface area contributed by atoms with Gasteiger partial charge in [-0.1, -0.05) is 17.7 Å². The maximum atomic E-state index is 14.1. The van der Waals surface area contributed by atoms with Crippen LogP contribution < -0.4 is 18.5 Å². The summed E-state index contributed by atoms with van der Waals surface area (Å²) in [5.41, 5.74) is 1.10. The molecule has 0 N–H and O–H groups in total. The van der Waals surface area contributed by atoms with Crippen LogP contribution in [0.15, 0.2) is 77.7 Å². The third-order valence-electron chi connectivity index (χ3n) is 4.73. The van der Waals surface area contributed by atoms with Crippen LogP contribution in [0.25, 0.3) is 0 Å². The van der Waals surface area contributed by atoms with E-state index in [4.69, 9.17) is 23.3 Å². The number of esters is 1. The Morgan fingerprint density at radius 3 is 1.66 bits per heavy atom. The maximum absolute atomic E-state index is 14.1. The molecule has 0 aromatic heterocycles. The Kier molecular flexibility index (Phi) is 9.48. The van der Waals surface area contributed by atoms with Crippen molar-refractivity contribution in [3.05, 3.63) is 78.4 Å². The summed E-state index contributed by atoms with van der Waals surface area (Å²) < 4.78 is 42.7. The minimum atomic E-state index is -3.86. The van der Waals surface area contributed by atoms with Gasteiger partial charge in [0.25, 0.3) is 0 Å². The molecule has 0 atom stereocenters. The summed E-state index contributed by atoms with van der Waals surface area (Å²) in [5.74, 6) is 1.45. The van der Waals surface area contributed by atoms with Crippen LogP contribution in [-0.2, 0) is 14.1 Å². The number of carbonyl (C=O) groups excluding carboxylic acids is 1. The van der Waals surface area contributed by atoms with Gasteiger partial charge in [0.1, 0.15) is 35.8 Å². The van der Waals surface area contributed by atoms with Gasteiger partial charge in [0, 0.05) is 4.90 Å². The van der Waals surface area contributed by atoms with Crippen LogP contribution in [0.3, 0.4) is 0 Å². The summed E-state index contributed by atoms with van der Waals surface area (Å²) in [6, 6.07) is 21.1. The van der Waals surface area contributed by atoms with Crippen LogP contribution in [0.2, 0.25) is 0 Å². The van der Waals surface area contributed by atoms with Crippen LogP contribution in [0, 0.1) is 6.92 Å². The van der Waals surface area contributed by atoms with E-state index in [1.165, 1.54) is 19.1 Å². The van der Waals surface area contributed by atoms with Crippen LogP contribution in [0.4, 0.5) is 0 Å². The zero-order valence-corrected chi connectivity index (χ0v) is 21.7. The van der Waals surface area contributed by atoms with Crippen LogP contribution >= 0.6 is 19.5 Å². The lowest BCUT2D eigenvalue weighted by Crippen LogP contribution is -2.27. The topological polar surface area (TPSA) is 83.5 Å². The van der Waals surface area contributed by atoms with E-state index in [0.29, 0.717) is 23.0 Å². The van der Waals surface area contributed by atoms with Gasteiger partial charge >= 0.3 is 13.6 Å². The van der Waals surface area contributed by atoms with Crippen molar-refractivity contribution in [2.24, 2.45) is 0 Å². The predicted molar refractivity (Wildman–Crippen MR) is 135 cm³/mol. The molecule has 0 aliphatic heterocycles. The molecule has 3 aromatic carbocycles. The van der Waals surface area contributed by atoms with E-state index in [2.05, 4.69) is 0 Å². The van der Waals surface area contributed by atoms with Gasteiger partial charge in [-0.25, -0.2) is 8.87 Å². The summed E-state index contributed by atoms with van der Waals surface area (Å²) in [4.78, 5) is 13.0. The number of benzene rings is 3. The molecular weight excluding hydrogens is 489 g/mol. The van der Waals surface area contributed by atoms with E-state index in [1.807, 2.05) is 31.2 Å². The summed E-state index contributed by atoms with van der Waals surface area (Å²) in [7, 11) is 0.552. The monoisotopic (exact) mass is 517 g/mol. The van der Waals surface area contributed by atoms with Crippen LogP contribution in [-0.4, -0.2) is 44.4 Å². The zero-order valence-electron chi connectivity index (χ0n) is 20.0. The van der Waals surface area contributed by atoms with Gasteiger partial charge in [-0.2, -0.15) is 0 Å². The SMILES string of the molecule is COC(=O)CN(CP(=O)(Oc1ccc(OC)cc1)Oc1ccc(OC)cc1)Sc1ccc(C)cc1. The first-order valence-electron chi connectivity index (χ1n) is 10.7. The second-order valence-corrected chi connectivity index (χ2v) is 10.4. The van der Waals surface area contributed by atoms with Gasteiger partial charge in [0.2, 0.25) is 0 Å². The Balaban J connectivity index is 1.89. The first-order valence-corrected chi connectivity index (χ1v) is 13.2. The number of hydrogen-bond acceptors (Lipinski definition) is 9. The number of methoxy groups -OCH3 is 3. The molecule has 186 valence electrons. The fourth-order valence-electron chi connectivity index (χ4n) is 2.93. The Labute approximate surface area is 209 Å².